The van der Waals surface area contributed by atoms with Crippen LogP contribution in [0.1, 0.15) is 31.9 Å². The molecule has 11 nitrogen and oxygen atoms in total. The lowest BCUT2D eigenvalue weighted by molar-refractivity contribution is 0.0240. The van der Waals surface area contributed by atoms with Crippen LogP contribution in [0.15, 0.2) is 102 Å². The van der Waals surface area contributed by atoms with Crippen LogP contribution < -0.4 is 9.64 Å². The molecular formula is C40H41FN6O5S. The quantitative estimate of drug-likeness (QED) is 0.159. The molecule has 3 aromatic heterocycles. The number of aromatic nitrogens is 4. The van der Waals surface area contributed by atoms with Crippen molar-refractivity contribution in [3.8, 4) is 28.0 Å². The van der Waals surface area contributed by atoms with Crippen molar-refractivity contribution in [2.75, 3.05) is 38.2 Å². The zero-order chi connectivity index (χ0) is 37.5. The van der Waals surface area contributed by atoms with E-state index in [9.17, 15) is 17.6 Å². The summed E-state index contributed by atoms with van der Waals surface area (Å²) in [5, 5.41) is 5.12. The first-order valence-electron chi connectivity index (χ1n) is 17.3. The van der Waals surface area contributed by atoms with Crippen molar-refractivity contribution < 1.29 is 27.1 Å². The molecule has 13 heteroatoms. The number of halogens is 1. The Labute approximate surface area is 308 Å². The molecule has 7 rings (SSSR count). The largest absolute Gasteiger partial charge is 0.496 e. The molecule has 3 aromatic carbocycles. The van der Waals surface area contributed by atoms with E-state index in [4.69, 9.17) is 14.5 Å². The summed E-state index contributed by atoms with van der Waals surface area (Å²) >= 11 is 0. The maximum atomic E-state index is 14.1. The lowest BCUT2D eigenvalue weighted by Crippen LogP contribution is -2.50. The molecule has 1 saturated heterocycles. The first kappa shape index (κ1) is 35.7. The van der Waals surface area contributed by atoms with Gasteiger partial charge in [-0.05, 0) is 75.7 Å². The Hall–Kier alpha value is -5.69. The van der Waals surface area contributed by atoms with Gasteiger partial charge in [0.15, 0.2) is 5.65 Å². The SMILES string of the molecule is COc1cc(N2CCN(C(=O)OC(C)(C)C)CC2)ccc1-c1cnc2c(c1)c(-c1cnn(Cc3cccc(F)c3)c1)cn2S(=O)(=O)c1ccc(C)cc1. The first-order chi connectivity index (χ1) is 25.3. The highest BCUT2D eigenvalue weighted by molar-refractivity contribution is 7.90. The van der Waals surface area contributed by atoms with Gasteiger partial charge < -0.3 is 19.3 Å². The van der Waals surface area contributed by atoms with Crippen LogP contribution in [0.3, 0.4) is 0 Å². The van der Waals surface area contributed by atoms with Crippen molar-refractivity contribution in [3.05, 3.63) is 115 Å². The number of aryl methyl sites for hydroxylation is 1. The topological polar surface area (TPSA) is 112 Å². The second-order valence-electron chi connectivity index (χ2n) is 14.1. The summed E-state index contributed by atoms with van der Waals surface area (Å²) in [7, 11) is -2.41. The number of ether oxygens (including phenoxy) is 2. The standard InChI is InChI=1S/C40H41FN6O5S/c1-27-9-12-33(13-10-27)53(49,50)47-26-36(30-23-43-46(25-30)24-28-7-6-8-31(41)19-28)35-20-29(22-42-38(35)47)34-14-11-32(21-37(34)51-5)44-15-17-45(18-16-44)39(48)52-40(2,3)4/h6-14,19-23,25-26H,15-18,24H2,1-5H3. The number of rotatable bonds is 8. The van der Waals surface area contributed by atoms with Gasteiger partial charge in [0.2, 0.25) is 0 Å². The molecule has 0 radical (unpaired) electrons. The molecule has 53 heavy (non-hydrogen) atoms. The second-order valence-corrected chi connectivity index (χ2v) is 16.0. The van der Waals surface area contributed by atoms with Crippen LogP contribution in [0.4, 0.5) is 14.9 Å². The van der Waals surface area contributed by atoms with Crippen LogP contribution in [-0.2, 0) is 21.3 Å². The molecule has 1 aliphatic rings. The fourth-order valence-corrected chi connectivity index (χ4v) is 7.79. The predicted molar refractivity (Wildman–Crippen MR) is 202 cm³/mol. The van der Waals surface area contributed by atoms with E-state index in [1.54, 1.807) is 65.6 Å². The number of methoxy groups -OCH3 is 1. The number of hydrogen-bond acceptors (Lipinski definition) is 8. The normalized spacial score (nSPS) is 13.8. The fourth-order valence-electron chi connectivity index (χ4n) is 6.46. The van der Waals surface area contributed by atoms with Crippen molar-refractivity contribution >= 4 is 32.8 Å². The minimum atomic E-state index is -4.02. The second kappa shape index (κ2) is 14.0. The molecule has 0 atom stereocenters. The molecule has 274 valence electrons. The van der Waals surface area contributed by atoms with Gasteiger partial charge in [-0.25, -0.2) is 26.6 Å². The summed E-state index contributed by atoms with van der Waals surface area (Å²) in [4.78, 5) is 21.4. The Morgan fingerprint density at radius 3 is 2.34 bits per heavy atom. The molecule has 0 unspecified atom stereocenters. The molecule has 1 amide bonds. The molecule has 0 bridgehead atoms. The fraction of sp³-hybridized carbons (Fsp3) is 0.275. The lowest BCUT2D eigenvalue weighted by atomic mass is 10.0. The van der Waals surface area contributed by atoms with Gasteiger partial charge in [0, 0.05) is 84.2 Å². The third kappa shape index (κ3) is 7.47. The number of fused-ring (bicyclic) bond motifs is 1. The van der Waals surface area contributed by atoms with E-state index in [0.717, 1.165) is 27.9 Å². The summed E-state index contributed by atoms with van der Waals surface area (Å²) in [6.07, 6.45) is 6.40. The first-order valence-corrected chi connectivity index (χ1v) is 18.7. The maximum Gasteiger partial charge on any atom is 0.410 e. The van der Waals surface area contributed by atoms with E-state index >= 15 is 0 Å². The molecule has 1 aliphatic heterocycles. The predicted octanol–water partition coefficient (Wildman–Crippen LogP) is 7.37. The van der Waals surface area contributed by atoms with Gasteiger partial charge in [-0.3, -0.25) is 4.68 Å². The van der Waals surface area contributed by atoms with E-state index in [0.29, 0.717) is 55.0 Å². The van der Waals surface area contributed by atoms with Crippen LogP contribution in [0, 0.1) is 12.7 Å². The number of carbonyl (C=O) groups is 1. The average Bonchev–Trinajstić information content (AvgIpc) is 3.75. The Bertz CT molecular complexity index is 2410. The number of anilines is 1. The molecule has 1 fully saturated rings. The van der Waals surface area contributed by atoms with Crippen LogP contribution in [0.25, 0.3) is 33.3 Å². The van der Waals surface area contributed by atoms with Gasteiger partial charge in [0.1, 0.15) is 17.2 Å². The lowest BCUT2D eigenvalue weighted by Gasteiger charge is -2.37. The van der Waals surface area contributed by atoms with Crippen LogP contribution in [0.5, 0.6) is 5.75 Å². The van der Waals surface area contributed by atoms with Gasteiger partial charge in [-0.2, -0.15) is 5.10 Å². The van der Waals surface area contributed by atoms with Crippen LogP contribution >= 0.6 is 0 Å². The zero-order valence-electron chi connectivity index (χ0n) is 30.3. The van der Waals surface area contributed by atoms with E-state index in [1.165, 1.54) is 16.1 Å². The van der Waals surface area contributed by atoms with E-state index < -0.39 is 15.6 Å². The van der Waals surface area contributed by atoms with Crippen molar-refractivity contribution in [1.29, 1.82) is 0 Å². The van der Waals surface area contributed by atoms with E-state index in [1.807, 2.05) is 64.2 Å². The minimum Gasteiger partial charge on any atom is -0.496 e. The molecule has 0 N–H and O–H groups in total. The van der Waals surface area contributed by atoms with Gasteiger partial charge in [0.05, 0.1) is 24.7 Å². The Morgan fingerprint density at radius 2 is 1.64 bits per heavy atom. The van der Waals surface area contributed by atoms with Gasteiger partial charge >= 0.3 is 6.09 Å². The highest BCUT2D eigenvalue weighted by Crippen LogP contribution is 2.38. The molecular weight excluding hydrogens is 696 g/mol. The molecule has 0 saturated carbocycles. The summed E-state index contributed by atoms with van der Waals surface area (Å²) in [6.45, 7) is 10.1. The summed E-state index contributed by atoms with van der Waals surface area (Å²) in [5.41, 5.74) is 5.15. The zero-order valence-corrected chi connectivity index (χ0v) is 31.1. The monoisotopic (exact) mass is 736 g/mol. The maximum absolute atomic E-state index is 14.1. The van der Waals surface area contributed by atoms with Crippen LogP contribution in [-0.4, -0.2) is 77.0 Å². The molecule has 6 aromatic rings. The molecule has 0 spiro atoms. The van der Waals surface area contributed by atoms with Crippen molar-refractivity contribution in [3.63, 3.8) is 0 Å². The summed E-state index contributed by atoms with van der Waals surface area (Å²) < 4.78 is 56.4. The Balaban J connectivity index is 1.24. The number of pyridine rings is 1. The summed E-state index contributed by atoms with van der Waals surface area (Å²) in [5.74, 6) is 0.288. The third-order valence-electron chi connectivity index (χ3n) is 9.16. The number of carbonyl (C=O) groups excluding carboxylic acids is 1. The summed E-state index contributed by atoms with van der Waals surface area (Å²) in [6, 6.07) is 20.9. The molecule has 0 aliphatic carbocycles. The number of amides is 1. The number of nitrogens with zero attached hydrogens (tertiary/aromatic N) is 6. The number of piperazine rings is 1. The van der Waals surface area contributed by atoms with Crippen molar-refractivity contribution in [2.45, 2.75) is 44.7 Å². The Kier molecular flexibility index (Phi) is 9.45. The Morgan fingerprint density at radius 1 is 0.887 bits per heavy atom. The minimum absolute atomic E-state index is 0.142. The molecule has 4 heterocycles. The van der Waals surface area contributed by atoms with Crippen LogP contribution in [0.2, 0.25) is 0 Å². The smallest absolute Gasteiger partial charge is 0.410 e. The van der Waals surface area contributed by atoms with E-state index in [2.05, 4.69) is 10.00 Å². The van der Waals surface area contributed by atoms with Gasteiger partial charge in [-0.1, -0.05) is 29.8 Å². The third-order valence-corrected chi connectivity index (χ3v) is 10.8. The van der Waals surface area contributed by atoms with Crippen molar-refractivity contribution in [1.82, 2.24) is 23.6 Å². The number of benzene rings is 3. The van der Waals surface area contributed by atoms with E-state index in [-0.39, 0.29) is 22.5 Å². The highest BCUT2D eigenvalue weighted by Gasteiger charge is 2.27. The van der Waals surface area contributed by atoms with Gasteiger partial charge in [-0.15, -0.1) is 0 Å². The highest BCUT2D eigenvalue weighted by atomic mass is 32.2. The van der Waals surface area contributed by atoms with Gasteiger partial charge in [0.25, 0.3) is 10.0 Å². The number of hydrogen-bond donors (Lipinski definition) is 0. The average molecular weight is 737 g/mol. The van der Waals surface area contributed by atoms with Crippen molar-refractivity contribution in [2.24, 2.45) is 0 Å².